The van der Waals surface area contributed by atoms with Crippen molar-refractivity contribution in [1.82, 2.24) is 14.6 Å². The Morgan fingerprint density at radius 1 is 1.26 bits per heavy atom. The summed E-state index contributed by atoms with van der Waals surface area (Å²) in [5, 5.41) is 10.7. The third-order valence-electron chi connectivity index (χ3n) is 3.07. The SMILES string of the molecule is Cc1cc(Br)c(NC(=O)COc2nnc3ccccn23)c(Br)c1. The van der Waals surface area contributed by atoms with Gasteiger partial charge in [-0.15, -0.1) is 5.10 Å². The number of hydrogen-bond donors (Lipinski definition) is 1. The Morgan fingerprint density at radius 3 is 2.74 bits per heavy atom. The van der Waals surface area contributed by atoms with Crippen LogP contribution in [0.15, 0.2) is 45.5 Å². The fourth-order valence-corrected chi connectivity index (χ4v) is 3.66. The number of anilines is 1. The Morgan fingerprint density at radius 2 is 2.00 bits per heavy atom. The monoisotopic (exact) mass is 438 g/mol. The van der Waals surface area contributed by atoms with E-state index in [-0.39, 0.29) is 18.5 Å². The lowest BCUT2D eigenvalue weighted by atomic mass is 10.2. The van der Waals surface area contributed by atoms with E-state index in [2.05, 4.69) is 47.4 Å². The molecule has 1 aromatic carbocycles. The van der Waals surface area contributed by atoms with Gasteiger partial charge in [-0.3, -0.25) is 9.20 Å². The molecule has 2 aromatic heterocycles. The van der Waals surface area contributed by atoms with Gasteiger partial charge in [0.2, 0.25) is 0 Å². The lowest BCUT2D eigenvalue weighted by Gasteiger charge is -2.11. The van der Waals surface area contributed by atoms with Gasteiger partial charge in [-0.2, -0.15) is 0 Å². The van der Waals surface area contributed by atoms with Crippen LogP contribution in [-0.4, -0.2) is 27.1 Å². The minimum atomic E-state index is -0.289. The number of halogens is 2. The highest BCUT2D eigenvalue weighted by molar-refractivity contribution is 9.11. The number of nitrogens with one attached hydrogen (secondary N) is 1. The molecule has 0 spiro atoms. The summed E-state index contributed by atoms with van der Waals surface area (Å²) in [6.07, 6.45) is 1.77. The zero-order valence-electron chi connectivity index (χ0n) is 12.1. The molecule has 0 fully saturated rings. The molecule has 0 radical (unpaired) electrons. The second kappa shape index (κ2) is 6.67. The molecule has 3 rings (SSSR count). The fraction of sp³-hybridized carbons (Fsp3) is 0.133. The molecule has 0 unspecified atom stereocenters. The van der Waals surface area contributed by atoms with Crippen LogP contribution in [0, 0.1) is 6.92 Å². The Labute approximate surface area is 149 Å². The maximum atomic E-state index is 12.1. The number of fused-ring (bicyclic) bond motifs is 1. The molecule has 118 valence electrons. The average Bonchev–Trinajstić information content (AvgIpc) is 2.92. The molecular weight excluding hydrogens is 428 g/mol. The van der Waals surface area contributed by atoms with Crippen LogP contribution in [-0.2, 0) is 4.79 Å². The van der Waals surface area contributed by atoms with Crippen molar-refractivity contribution in [3.8, 4) is 6.01 Å². The summed E-state index contributed by atoms with van der Waals surface area (Å²) in [5.41, 5.74) is 2.40. The van der Waals surface area contributed by atoms with Crippen molar-refractivity contribution in [3.05, 3.63) is 51.0 Å². The minimum absolute atomic E-state index is 0.164. The van der Waals surface area contributed by atoms with Gasteiger partial charge in [0.25, 0.3) is 5.91 Å². The second-order valence-corrected chi connectivity index (χ2v) is 6.56. The van der Waals surface area contributed by atoms with Crippen LogP contribution >= 0.6 is 31.9 Å². The molecule has 0 atom stereocenters. The van der Waals surface area contributed by atoms with E-state index in [1.54, 1.807) is 16.7 Å². The molecule has 3 aromatic rings. The van der Waals surface area contributed by atoms with E-state index < -0.39 is 0 Å². The van der Waals surface area contributed by atoms with Crippen molar-refractivity contribution in [2.75, 3.05) is 11.9 Å². The fourth-order valence-electron chi connectivity index (χ4n) is 2.04. The summed E-state index contributed by atoms with van der Waals surface area (Å²) >= 11 is 6.87. The number of aromatic nitrogens is 3. The van der Waals surface area contributed by atoms with E-state index in [1.807, 2.05) is 31.2 Å². The largest absolute Gasteiger partial charge is 0.453 e. The van der Waals surface area contributed by atoms with Gasteiger partial charge < -0.3 is 10.1 Å². The van der Waals surface area contributed by atoms with Gasteiger partial charge in [0.05, 0.1) is 5.69 Å². The van der Waals surface area contributed by atoms with Crippen molar-refractivity contribution in [3.63, 3.8) is 0 Å². The standard InChI is InChI=1S/C15H12Br2N4O2/c1-9-6-10(16)14(11(17)7-9)18-13(22)8-23-15-20-19-12-4-2-3-5-21(12)15/h2-7H,8H2,1H3,(H,18,22). The third kappa shape index (κ3) is 3.53. The number of hydrogen-bond acceptors (Lipinski definition) is 4. The number of benzene rings is 1. The first-order valence-electron chi connectivity index (χ1n) is 6.72. The lowest BCUT2D eigenvalue weighted by Crippen LogP contribution is -2.21. The van der Waals surface area contributed by atoms with Crippen molar-refractivity contribution < 1.29 is 9.53 Å². The van der Waals surface area contributed by atoms with E-state index in [1.165, 1.54) is 0 Å². The first kappa shape index (κ1) is 15.9. The summed E-state index contributed by atoms with van der Waals surface area (Å²) in [6, 6.07) is 9.62. The predicted molar refractivity (Wildman–Crippen MR) is 93.7 cm³/mol. The van der Waals surface area contributed by atoms with Gasteiger partial charge in [-0.1, -0.05) is 11.2 Å². The van der Waals surface area contributed by atoms with Crippen molar-refractivity contribution >= 4 is 49.1 Å². The highest BCUT2D eigenvalue weighted by atomic mass is 79.9. The maximum Gasteiger partial charge on any atom is 0.322 e. The summed E-state index contributed by atoms with van der Waals surface area (Å²) < 4.78 is 8.71. The maximum absolute atomic E-state index is 12.1. The van der Waals surface area contributed by atoms with E-state index >= 15 is 0 Å². The number of ether oxygens (including phenoxy) is 1. The van der Waals surface area contributed by atoms with E-state index in [0.29, 0.717) is 11.3 Å². The summed E-state index contributed by atoms with van der Waals surface area (Å²) in [7, 11) is 0. The Bertz CT molecular complexity index is 856. The molecule has 0 bridgehead atoms. The summed E-state index contributed by atoms with van der Waals surface area (Å²) in [6.45, 7) is 1.81. The third-order valence-corrected chi connectivity index (χ3v) is 4.32. The van der Waals surface area contributed by atoms with Crippen LogP contribution in [0.3, 0.4) is 0 Å². The molecule has 0 aliphatic rings. The number of nitrogens with zero attached hydrogens (tertiary/aromatic N) is 3. The highest BCUT2D eigenvalue weighted by Gasteiger charge is 2.12. The topological polar surface area (TPSA) is 68.5 Å². The second-order valence-electron chi connectivity index (χ2n) is 4.85. The summed E-state index contributed by atoms with van der Waals surface area (Å²) in [4.78, 5) is 12.1. The highest BCUT2D eigenvalue weighted by Crippen LogP contribution is 2.32. The normalized spacial score (nSPS) is 10.7. The average molecular weight is 440 g/mol. The molecule has 2 heterocycles. The Balaban J connectivity index is 1.69. The van der Waals surface area contributed by atoms with Crippen LogP contribution in [0.1, 0.15) is 5.56 Å². The number of aryl methyl sites for hydroxylation is 1. The van der Waals surface area contributed by atoms with Crippen LogP contribution < -0.4 is 10.1 Å². The molecule has 0 saturated carbocycles. The Hall–Kier alpha value is -1.93. The van der Waals surface area contributed by atoms with Crippen molar-refractivity contribution in [2.45, 2.75) is 6.92 Å². The molecule has 6 nitrogen and oxygen atoms in total. The molecular formula is C15H12Br2N4O2. The molecule has 0 saturated heterocycles. The van der Waals surface area contributed by atoms with Crippen LogP contribution in [0.4, 0.5) is 5.69 Å². The van der Waals surface area contributed by atoms with Gasteiger partial charge in [0.1, 0.15) is 0 Å². The first-order chi connectivity index (χ1) is 11.0. The van der Waals surface area contributed by atoms with Gasteiger partial charge >= 0.3 is 6.01 Å². The summed E-state index contributed by atoms with van der Waals surface area (Å²) in [5.74, 6) is -0.289. The smallest absolute Gasteiger partial charge is 0.322 e. The van der Waals surface area contributed by atoms with Crippen LogP contribution in [0.5, 0.6) is 6.01 Å². The quantitative estimate of drug-likeness (QED) is 0.674. The first-order valence-corrected chi connectivity index (χ1v) is 8.31. The van der Waals surface area contributed by atoms with Gasteiger partial charge in [0, 0.05) is 15.1 Å². The van der Waals surface area contributed by atoms with Gasteiger partial charge in [-0.05, 0) is 68.6 Å². The lowest BCUT2D eigenvalue weighted by molar-refractivity contribution is -0.118. The zero-order chi connectivity index (χ0) is 16.4. The molecule has 8 heteroatoms. The zero-order valence-corrected chi connectivity index (χ0v) is 15.3. The molecule has 0 aliphatic carbocycles. The number of rotatable bonds is 4. The van der Waals surface area contributed by atoms with Crippen molar-refractivity contribution in [2.24, 2.45) is 0 Å². The number of carbonyl (C=O) groups is 1. The molecule has 0 aliphatic heterocycles. The molecule has 23 heavy (non-hydrogen) atoms. The van der Waals surface area contributed by atoms with E-state index in [4.69, 9.17) is 4.74 Å². The molecule has 1 amide bonds. The van der Waals surface area contributed by atoms with Gasteiger partial charge in [0.15, 0.2) is 12.3 Å². The van der Waals surface area contributed by atoms with Crippen molar-refractivity contribution in [1.29, 1.82) is 0 Å². The van der Waals surface area contributed by atoms with E-state index in [9.17, 15) is 4.79 Å². The van der Waals surface area contributed by atoms with Crippen LogP contribution in [0.25, 0.3) is 5.65 Å². The number of amides is 1. The van der Waals surface area contributed by atoms with E-state index in [0.717, 1.165) is 14.5 Å². The predicted octanol–water partition coefficient (Wildman–Crippen LogP) is 3.58. The van der Waals surface area contributed by atoms with Crippen LogP contribution in [0.2, 0.25) is 0 Å². The molecule has 1 N–H and O–H groups in total. The number of carbonyl (C=O) groups excluding carboxylic acids is 1. The number of pyridine rings is 1. The Kier molecular flexibility index (Phi) is 4.63. The minimum Gasteiger partial charge on any atom is -0.453 e. The van der Waals surface area contributed by atoms with Gasteiger partial charge in [-0.25, -0.2) is 0 Å².